The van der Waals surface area contributed by atoms with E-state index in [0.29, 0.717) is 19.6 Å². The fourth-order valence-corrected chi connectivity index (χ4v) is 4.03. The lowest BCUT2D eigenvalue weighted by Crippen LogP contribution is -2.55. The Hall–Kier alpha value is -3.61. The van der Waals surface area contributed by atoms with E-state index in [1.54, 1.807) is 4.90 Å². The Kier molecular flexibility index (Phi) is 5.75. The number of aryl methyl sites for hydroxylation is 2. The molecule has 2 aromatic carbocycles. The maximum Gasteiger partial charge on any atom is 0.318 e. The molecule has 0 saturated carbocycles. The molecule has 0 spiro atoms. The molecule has 7 heteroatoms. The molecule has 1 unspecified atom stereocenters. The van der Waals surface area contributed by atoms with Crippen molar-refractivity contribution in [2.75, 3.05) is 13.1 Å². The summed E-state index contributed by atoms with van der Waals surface area (Å²) in [7, 11) is 0. The molecule has 0 aliphatic carbocycles. The number of rotatable bonds is 4. The van der Waals surface area contributed by atoms with Crippen LogP contribution in [0.25, 0.3) is 5.69 Å². The molecule has 1 saturated heterocycles. The van der Waals surface area contributed by atoms with Crippen LogP contribution in [-0.2, 0) is 11.3 Å². The summed E-state index contributed by atoms with van der Waals surface area (Å²) in [4.78, 5) is 27.6. The van der Waals surface area contributed by atoms with Crippen molar-refractivity contribution in [2.24, 2.45) is 0 Å². The Morgan fingerprint density at radius 1 is 1.10 bits per heavy atom. The van der Waals surface area contributed by atoms with Crippen LogP contribution in [0.3, 0.4) is 0 Å². The van der Waals surface area contributed by atoms with Crippen molar-refractivity contribution in [1.82, 2.24) is 25.3 Å². The minimum absolute atomic E-state index is 0.185. The number of para-hydroxylation sites is 1. The van der Waals surface area contributed by atoms with Gasteiger partial charge in [0.1, 0.15) is 6.04 Å². The molecule has 3 aromatic rings. The molecule has 2 N–H and O–H groups in total. The Labute approximate surface area is 182 Å². The topological polar surface area (TPSA) is 79.3 Å². The number of benzene rings is 2. The molecule has 1 fully saturated rings. The van der Waals surface area contributed by atoms with Crippen LogP contribution in [0.4, 0.5) is 4.79 Å². The van der Waals surface area contributed by atoms with E-state index < -0.39 is 6.04 Å². The van der Waals surface area contributed by atoms with Crippen molar-refractivity contribution in [3.05, 3.63) is 82.7 Å². The van der Waals surface area contributed by atoms with Gasteiger partial charge in [0.25, 0.3) is 0 Å². The molecule has 160 valence electrons. The van der Waals surface area contributed by atoms with Gasteiger partial charge in [0.15, 0.2) is 0 Å². The predicted molar refractivity (Wildman–Crippen MR) is 119 cm³/mol. The smallest absolute Gasteiger partial charge is 0.318 e. The molecule has 3 amide bonds. The summed E-state index contributed by atoms with van der Waals surface area (Å²) >= 11 is 0. The first kappa shape index (κ1) is 20.7. The molecule has 1 aliphatic heterocycles. The zero-order valence-corrected chi connectivity index (χ0v) is 18.1. The second-order valence-electron chi connectivity index (χ2n) is 7.86. The SMILES string of the molecule is Cc1ccc(CNC(=O)N2CCNC(=O)C2c2c(C)nn(-c3ccccc3)c2C)cc1. The van der Waals surface area contributed by atoms with Crippen molar-refractivity contribution in [3.63, 3.8) is 0 Å². The van der Waals surface area contributed by atoms with Crippen LogP contribution >= 0.6 is 0 Å². The van der Waals surface area contributed by atoms with Gasteiger partial charge in [-0.3, -0.25) is 4.79 Å². The molecular weight excluding hydrogens is 390 g/mol. The number of piperazine rings is 1. The number of hydrogen-bond acceptors (Lipinski definition) is 3. The van der Waals surface area contributed by atoms with Gasteiger partial charge in [-0.1, -0.05) is 48.0 Å². The maximum atomic E-state index is 13.1. The third kappa shape index (κ3) is 4.17. The van der Waals surface area contributed by atoms with Crippen LogP contribution in [0.5, 0.6) is 0 Å². The summed E-state index contributed by atoms with van der Waals surface area (Å²) in [5, 5.41) is 10.5. The van der Waals surface area contributed by atoms with E-state index in [0.717, 1.165) is 28.2 Å². The van der Waals surface area contributed by atoms with Gasteiger partial charge in [-0.15, -0.1) is 0 Å². The fraction of sp³-hybridized carbons (Fsp3) is 0.292. The lowest BCUT2D eigenvalue weighted by atomic mass is 10.0. The van der Waals surface area contributed by atoms with E-state index in [4.69, 9.17) is 0 Å². The minimum Gasteiger partial charge on any atom is -0.352 e. The highest BCUT2D eigenvalue weighted by molar-refractivity contribution is 5.89. The van der Waals surface area contributed by atoms with E-state index in [-0.39, 0.29) is 11.9 Å². The summed E-state index contributed by atoms with van der Waals surface area (Å²) in [5.41, 5.74) is 5.46. The third-order valence-corrected chi connectivity index (χ3v) is 5.66. The monoisotopic (exact) mass is 417 g/mol. The Balaban J connectivity index is 1.61. The van der Waals surface area contributed by atoms with Gasteiger partial charge in [-0.25, -0.2) is 9.48 Å². The normalized spacial score (nSPS) is 16.2. The molecule has 7 nitrogen and oxygen atoms in total. The summed E-state index contributed by atoms with van der Waals surface area (Å²) in [6, 6.07) is 16.8. The summed E-state index contributed by atoms with van der Waals surface area (Å²) in [5.74, 6) is -0.185. The van der Waals surface area contributed by atoms with Crippen molar-refractivity contribution in [2.45, 2.75) is 33.4 Å². The Morgan fingerprint density at radius 3 is 2.52 bits per heavy atom. The van der Waals surface area contributed by atoms with Gasteiger partial charge >= 0.3 is 6.03 Å². The Morgan fingerprint density at radius 2 is 1.81 bits per heavy atom. The average Bonchev–Trinajstić information content (AvgIpc) is 3.07. The molecule has 31 heavy (non-hydrogen) atoms. The summed E-state index contributed by atoms with van der Waals surface area (Å²) < 4.78 is 1.83. The largest absolute Gasteiger partial charge is 0.352 e. The number of carbonyl (C=O) groups is 2. The minimum atomic E-state index is -0.718. The molecule has 1 aliphatic rings. The summed E-state index contributed by atoms with van der Waals surface area (Å²) in [6.07, 6.45) is 0. The van der Waals surface area contributed by atoms with Gasteiger partial charge < -0.3 is 15.5 Å². The average molecular weight is 418 g/mol. The molecular formula is C24H27N5O2. The van der Waals surface area contributed by atoms with Gasteiger partial charge in [0, 0.05) is 30.9 Å². The first-order chi connectivity index (χ1) is 15.0. The quantitative estimate of drug-likeness (QED) is 0.684. The van der Waals surface area contributed by atoms with Crippen LogP contribution in [0.15, 0.2) is 54.6 Å². The third-order valence-electron chi connectivity index (χ3n) is 5.66. The van der Waals surface area contributed by atoms with Gasteiger partial charge in [-0.05, 0) is 38.5 Å². The van der Waals surface area contributed by atoms with Crippen molar-refractivity contribution < 1.29 is 9.59 Å². The van der Waals surface area contributed by atoms with Crippen LogP contribution in [0, 0.1) is 20.8 Å². The number of nitrogens with zero attached hydrogens (tertiary/aromatic N) is 3. The van der Waals surface area contributed by atoms with E-state index in [9.17, 15) is 9.59 Å². The summed E-state index contributed by atoms with van der Waals surface area (Å²) in [6.45, 7) is 7.12. The first-order valence-electron chi connectivity index (χ1n) is 10.4. The van der Waals surface area contributed by atoms with Crippen molar-refractivity contribution in [1.29, 1.82) is 0 Å². The first-order valence-corrected chi connectivity index (χ1v) is 10.4. The van der Waals surface area contributed by atoms with Crippen LogP contribution in [0.2, 0.25) is 0 Å². The molecule has 2 heterocycles. The number of urea groups is 1. The van der Waals surface area contributed by atoms with Crippen LogP contribution < -0.4 is 10.6 Å². The van der Waals surface area contributed by atoms with Gasteiger partial charge in [-0.2, -0.15) is 5.10 Å². The highest BCUT2D eigenvalue weighted by Gasteiger charge is 2.38. The zero-order valence-electron chi connectivity index (χ0n) is 18.1. The number of hydrogen-bond donors (Lipinski definition) is 2. The number of carbonyl (C=O) groups excluding carboxylic acids is 2. The predicted octanol–water partition coefficient (Wildman–Crippen LogP) is 3.18. The second-order valence-corrected chi connectivity index (χ2v) is 7.86. The van der Waals surface area contributed by atoms with E-state index >= 15 is 0 Å². The van der Waals surface area contributed by atoms with E-state index in [2.05, 4.69) is 15.7 Å². The fourth-order valence-electron chi connectivity index (χ4n) is 4.03. The number of nitrogens with one attached hydrogen (secondary N) is 2. The lowest BCUT2D eigenvalue weighted by Gasteiger charge is -2.35. The van der Waals surface area contributed by atoms with Crippen LogP contribution in [0.1, 0.15) is 34.1 Å². The molecule has 4 rings (SSSR count). The zero-order chi connectivity index (χ0) is 22.0. The molecule has 0 radical (unpaired) electrons. The molecule has 0 bridgehead atoms. The number of aromatic nitrogens is 2. The highest BCUT2D eigenvalue weighted by Crippen LogP contribution is 2.30. The second kappa shape index (κ2) is 8.63. The van der Waals surface area contributed by atoms with E-state index in [1.165, 1.54) is 5.56 Å². The van der Waals surface area contributed by atoms with Gasteiger partial charge in [0.05, 0.1) is 11.4 Å². The highest BCUT2D eigenvalue weighted by atomic mass is 16.2. The standard InChI is InChI=1S/C24H27N5O2/c1-16-9-11-19(12-10-16)15-26-24(31)28-14-13-25-23(30)22(28)21-17(2)27-29(18(21)3)20-7-5-4-6-8-20/h4-12,22H,13-15H2,1-3H3,(H,25,30)(H,26,31). The van der Waals surface area contributed by atoms with E-state index in [1.807, 2.05) is 80.1 Å². The van der Waals surface area contributed by atoms with Gasteiger partial charge in [0.2, 0.25) is 5.91 Å². The van der Waals surface area contributed by atoms with Crippen LogP contribution in [-0.4, -0.2) is 39.7 Å². The van der Waals surface area contributed by atoms with Crippen molar-refractivity contribution in [3.8, 4) is 5.69 Å². The number of amides is 3. The lowest BCUT2D eigenvalue weighted by molar-refractivity contribution is -0.127. The maximum absolute atomic E-state index is 13.1. The molecule has 1 aromatic heterocycles. The Bertz CT molecular complexity index is 1090. The molecule has 1 atom stereocenters. The van der Waals surface area contributed by atoms with Crippen molar-refractivity contribution >= 4 is 11.9 Å².